The topological polar surface area (TPSA) is 152 Å². The lowest BCUT2D eigenvalue weighted by atomic mass is 9.94. The van der Waals surface area contributed by atoms with Crippen molar-refractivity contribution in [2.45, 2.75) is 66.1 Å². The molecule has 7 aromatic carbocycles. The van der Waals surface area contributed by atoms with E-state index >= 15 is 0 Å². The molecule has 0 aliphatic heterocycles. The largest absolute Gasteiger partial charge is 0.467 e. The van der Waals surface area contributed by atoms with Crippen molar-refractivity contribution in [1.82, 2.24) is 20.9 Å². The van der Waals surface area contributed by atoms with Gasteiger partial charge >= 0.3 is 18.2 Å². The van der Waals surface area contributed by atoms with E-state index in [1.807, 2.05) is 202 Å². The number of rotatable bonds is 19. The highest BCUT2D eigenvalue weighted by molar-refractivity contribution is 6.03. The summed E-state index contributed by atoms with van der Waals surface area (Å²) in [6, 6.07) is 58.4. The number of nitrogens with zero attached hydrogens (tertiary/aromatic N) is 1. The fourth-order valence-electron chi connectivity index (χ4n) is 7.94. The van der Waals surface area contributed by atoms with Gasteiger partial charge in [0.2, 0.25) is 0 Å². The third-order valence-electron chi connectivity index (χ3n) is 11.6. The summed E-state index contributed by atoms with van der Waals surface area (Å²) < 4.78 is 15.5. The summed E-state index contributed by atoms with van der Waals surface area (Å²) in [4.78, 5) is 65.5. The van der Waals surface area contributed by atoms with Crippen molar-refractivity contribution in [3.8, 4) is 22.3 Å². The van der Waals surface area contributed by atoms with E-state index in [9.17, 15) is 24.0 Å². The second-order valence-electron chi connectivity index (χ2n) is 17.2. The van der Waals surface area contributed by atoms with Gasteiger partial charge in [0, 0.05) is 37.3 Å². The van der Waals surface area contributed by atoms with Gasteiger partial charge in [-0.3, -0.25) is 9.59 Å². The Morgan fingerprint density at radius 2 is 0.903 bits per heavy atom. The Morgan fingerprint density at radius 1 is 0.500 bits per heavy atom. The van der Waals surface area contributed by atoms with Gasteiger partial charge in [-0.1, -0.05) is 190 Å². The SMILES string of the molecule is CCN(Cc1ccccc1)C(=O)c1ccccc1-c1ccccc1CNC(=O)OCc1ccccc1.COC(=O)C(CC(C)C)NC(=O)c1ccccc1-c1ccccc1CNC(=O)OCc1ccccc1. The third-order valence-corrected chi connectivity index (χ3v) is 11.6. The van der Waals surface area contributed by atoms with Crippen LogP contribution in [0.4, 0.5) is 9.59 Å². The molecule has 4 amide bonds. The van der Waals surface area contributed by atoms with Crippen molar-refractivity contribution >= 4 is 30.0 Å². The van der Waals surface area contributed by atoms with Crippen LogP contribution in [-0.4, -0.2) is 54.6 Å². The molecule has 0 aliphatic rings. The number of ether oxygens (including phenoxy) is 3. The second kappa shape index (κ2) is 27.6. The lowest BCUT2D eigenvalue weighted by molar-refractivity contribution is -0.143. The quantitative estimate of drug-likeness (QED) is 0.0535. The lowest BCUT2D eigenvalue weighted by Crippen LogP contribution is -2.42. The average molecular weight is 967 g/mol. The van der Waals surface area contributed by atoms with Crippen LogP contribution in [0.1, 0.15) is 75.7 Å². The summed E-state index contributed by atoms with van der Waals surface area (Å²) in [6.45, 7) is 7.97. The fourth-order valence-corrected chi connectivity index (χ4v) is 7.94. The number of hydrogen-bond acceptors (Lipinski definition) is 8. The molecule has 7 rings (SSSR count). The van der Waals surface area contributed by atoms with Crippen LogP contribution < -0.4 is 16.0 Å². The van der Waals surface area contributed by atoms with Crippen LogP contribution in [0, 0.1) is 5.92 Å². The fraction of sp³-hybridized carbons (Fsp3) is 0.217. The molecule has 1 atom stereocenters. The number of carbonyl (C=O) groups excluding carboxylic acids is 5. The van der Waals surface area contributed by atoms with Gasteiger partial charge in [-0.2, -0.15) is 0 Å². The normalized spacial score (nSPS) is 11.0. The molecule has 1 unspecified atom stereocenters. The van der Waals surface area contributed by atoms with Gasteiger partial charge in [0.1, 0.15) is 19.3 Å². The first kappa shape index (κ1) is 52.9. The predicted octanol–water partition coefficient (Wildman–Crippen LogP) is 11.5. The summed E-state index contributed by atoms with van der Waals surface area (Å²) in [6.07, 6.45) is -0.557. The molecular weight excluding hydrogens is 905 g/mol. The first-order valence-electron chi connectivity index (χ1n) is 24.0. The van der Waals surface area contributed by atoms with Crippen LogP contribution in [-0.2, 0) is 51.9 Å². The Labute approximate surface area is 422 Å². The maximum Gasteiger partial charge on any atom is 0.407 e. The molecule has 0 saturated carbocycles. The minimum atomic E-state index is -0.744. The highest BCUT2D eigenvalue weighted by Crippen LogP contribution is 2.30. The van der Waals surface area contributed by atoms with E-state index in [-0.39, 0.29) is 44.0 Å². The molecule has 0 radical (unpaired) electrons. The minimum Gasteiger partial charge on any atom is -0.467 e. The van der Waals surface area contributed by atoms with E-state index in [4.69, 9.17) is 14.2 Å². The molecule has 0 aliphatic carbocycles. The molecule has 0 spiro atoms. The molecule has 7 aromatic rings. The lowest BCUT2D eigenvalue weighted by Gasteiger charge is -2.23. The molecule has 0 saturated heterocycles. The second-order valence-corrected chi connectivity index (χ2v) is 17.2. The van der Waals surface area contributed by atoms with Crippen molar-refractivity contribution in [2.75, 3.05) is 13.7 Å². The zero-order valence-corrected chi connectivity index (χ0v) is 41.2. The van der Waals surface area contributed by atoms with Gasteiger partial charge in [-0.25, -0.2) is 14.4 Å². The van der Waals surface area contributed by atoms with Gasteiger partial charge in [-0.15, -0.1) is 0 Å². The van der Waals surface area contributed by atoms with Crippen LogP contribution in [0.25, 0.3) is 22.3 Å². The molecule has 370 valence electrons. The summed E-state index contributed by atoms with van der Waals surface area (Å²) >= 11 is 0. The van der Waals surface area contributed by atoms with E-state index < -0.39 is 24.2 Å². The number of alkyl carbamates (subject to hydrolysis) is 2. The maximum atomic E-state index is 13.6. The molecule has 0 heterocycles. The van der Waals surface area contributed by atoms with E-state index in [0.717, 1.165) is 44.5 Å². The molecule has 0 fully saturated rings. The van der Waals surface area contributed by atoms with Crippen molar-refractivity contribution < 1.29 is 38.2 Å². The number of methoxy groups -OCH3 is 1. The molecule has 0 bridgehead atoms. The molecule has 12 nitrogen and oxygen atoms in total. The summed E-state index contributed by atoms with van der Waals surface area (Å²) in [5, 5.41) is 8.44. The Balaban J connectivity index is 0.000000235. The summed E-state index contributed by atoms with van der Waals surface area (Å²) in [5.41, 5.74) is 8.93. The standard InChI is InChI=1S/C31H30N2O3.C29H32N2O5/c1-2-33(22-24-13-5-3-6-14-24)30(34)29-20-12-11-19-28(29)27-18-10-9-17-26(27)21-32-31(35)36-23-25-15-7-4-8-16-25;1-20(2)17-26(28(33)35-3)31-27(32)25-16-10-9-15-24(25)23-14-8-7-13-22(23)18-30-29(34)36-19-21-11-5-4-6-12-21/h3-20H,2,21-23H2,1H3,(H,32,35);4-16,20,26H,17-19H2,1-3H3,(H,30,34)(H,31,32). The van der Waals surface area contributed by atoms with Crippen molar-refractivity contribution in [3.63, 3.8) is 0 Å². The smallest absolute Gasteiger partial charge is 0.407 e. The van der Waals surface area contributed by atoms with Gasteiger partial charge in [-0.05, 0) is 81.5 Å². The maximum absolute atomic E-state index is 13.6. The van der Waals surface area contributed by atoms with Crippen molar-refractivity contribution in [1.29, 1.82) is 0 Å². The molecule has 12 heteroatoms. The monoisotopic (exact) mass is 966 g/mol. The Kier molecular flexibility index (Phi) is 20.3. The van der Waals surface area contributed by atoms with Crippen molar-refractivity contribution in [3.05, 3.63) is 227 Å². The Hall–Kier alpha value is -8.51. The van der Waals surface area contributed by atoms with E-state index in [1.54, 1.807) is 12.1 Å². The number of esters is 1. The third kappa shape index (κ3) is 15.8. The predicted molar refractivity (Wildman–Crippen MR) is 280 cm³/mol. The number of amides is 4. The van der Waals surface area contributed by atoms with Crippen LogP contribution in [0.5, 0.6) is 0 Å². The highest BCUT2D eigenvalue weighted by Gasteiger charge is 2.25. The van der Waals surface area contributed by atoms with E-state index in [0.29, 0.717) is 36.2 Å². The van der Waals surface area contributed by atoms with Gasteiger partial charge < -0.3 is 35.1 Å². The van der Waals surface area contributed by atoms with Crippen molar-refractivity contribution in [2.24, 2.45) is 5.92 Å². The van der Waals surface area contributed by atoms with Crippen LogP contribution in [0.3, 0.4) is 0 Å². The minimum absolute atomic E-state index is 0.0259. The number of hydrogen-bond donors (Lipinski definition) is 3. The number of carbonyl (C=O) groups is 5. The average Bonchev–Trinajstić information content (AvgIpc) is 3.42. The zero-order valence-electron chi connectivity index (χ0n) is 41.2. The van der Waals surface area contributed by atoms with Gasteiger partial charge in [0.25, 0.3) is 11.8 Å². The van der Waals surface area contributed by atoms with Crippen LogP contribution in [0.2, 0.25) is 0 Å². The van der Waals surface area contributed by atoms with Crippen LogP contribution in [0.15, 0.2) is 188 Å². The number of nitrogens with one attached hydrogen (secondary N) is 3. The molecule has 3 N–H and O–H groups in total. The highest BCUT2D eigenvalue weighted by atomic mass is 16.6. The molecular formula is C60H62N4O8. The molecule has 72 heavy (non-hydrogen) atoms. The van der Waals surface area contributed by atoms with Crippen LogP contribution >= 0.6 is 0 Å². The Morgan fingerprint density at radius 3 is 1.36 bits per heavy atom. The molecule has 0 aromatic heterocycles. The first-order chi connectivity index (χ1) is 35.0. The Bertz CT molecular complexity index is 2860. The van der Waals surface area contributed by atoms with E-state index in [2.05, 4.69) is 16.0 Å². The zero-order chi connectivity index (χ0) is 51.1. The summed E-state index contributed by atoms with van der Waals surface area (Å²) in [7, 11) is 1.31. The van der Waals surface area contributed by atoms with E-state index in [1.165, 1.54) is 7.11 Å². The number of benzene rings is 7. The van der Waals surface area contributed by atoms with Gasteiger partial charge in [0.05, 0.1) is 7.11 Å². The first-order valence-corrected chi connectivity index (χ1v) is 24.0. The van der Waals surface area contributed by atoms with Gasteiger partial charge in [0.15, 0.2) is 0 Å². The summed E-state index contributed by atoms with van der Waals surface area (Å²) in [5.74, 6) is -0.681.